The van der Waals surface area contributed by atoms with Gasteiger partial charge in [0, 0.05) is 31.3 Å². The molecule has 0 radical (unpaired) electrons. The Hall–Kier alpha value is -1.59. The second-order valence-electron chi connectivity index (χ2n) is 8.37. The van der Waals surface area contributed by atoms with Crippen molar-refractivity contribution in [2.24, 2.45) is 11.8 Å². The molecule has 1 heterocycles. The van der Waals surface area contributed by atoms with E-state index in [9.17, 15) is 9.90 Å². The van der Waals surface area contributed by atoms with Gasteiger partial charge in [-0.1, -0.05) is 44.9 Å². The minimum Gasteiger partial charge on any atom is -0.508 e. The molecule has 5 nitrogen and oxygen atoms in total. The van der Waals surface area contributed by atoms with E-state index in [1.165, 1.54) is 12.8 Å². The predicted octanol–water partition coefficient (Wildman–Crippen LogP) is 3.31. The van der Waals surface area contributed by atoms with Crippen LogP contribution in [0.3, 0.4) is 0 Å². The Bertz CT molecular complexity index is 615. The van der Waals surface area contributed by atoms with Crippen LogP contribution in [0.4, 0.5) is 0 Å². The maximum absolute atomic E-state index is 12.8. The van der Waals surface area contributed by atoms with Gasteiger partial charge in [0.25, 0.3) is 0 Å². The number of ether oxygens (including phenoxy) is 1. The molecule has 1 aliphatic heterocycles. The van der Waals surface area contributed by atoms with E-state index >= 15 is 0 Å². The summed E-state index contributed by atoms with van der Waals surface area (Å²) in [6.45, 7) is 6.95. The molecule has 1 aromatic carbocycles. The molecule has 1 amide bonds. The number of nitrogens with one attached hydrogen (secondary N) is 1. The minimum absolute atomic E-state index is 0.0781. The number of carbonyl (C=O) groups is 1. The zero-order valence-corrected chi connectivity index (χ0v) is 16.7. The number of carbonyl (C=O) groups excluding carboxylic acids is 1. The van der Waals surface area contributed by atoms with E-state index in [2.05, 4.69) is 24.1 Å². The lowest BCUT2D eigenvalue weighted by Crippen LogP contribution is -2.48. The zero-order chi connectivity index (χ0) is 19.2. The van der Waals surface area contributed by atoms with Crippen LogP contribution in [0.15, 0.2) is 24.3 Å². The number of benzene rings is 1. The third kappa shape index (κ3) is 5.69. The Kier molecular flexibility index (Phi) is 7.13. The van der Waals surface area contributed by atoms with E-state index in [1.54, 1.807) is 6.07 Å². The fraction of sp³-hybridized carbons (Fsp3) is 0.682. The van der Waals surface area contributed by atoms with Crippen molar-refractivity contribution in [1.29, 1.82) is 0 Å². The molecule has 2 aliphatic rings. The Morgan fingerprint density at radius 1 is 1.22 bits per heavy atom. The van der Waals surface area contributed by atoms with Gasteiger partial charge in [-0.15, -0.1) is 0 Å². The summed E-state index contributed by atoms with van der Waals surface area (Å²) in [5.74, 6) is 1.54. The molecule has 1 aliphatic carbocycles. The maximum Gasteiger partial charge on any atom is 0.234 e. The standard InChI is InChI=1S/C22H34N2O3/c1-16-7-5-10-20(17(16)2)23-22(26)15-24(14-19-9-6-12-27-19)13-18-8-3-4-11-21(18)25/h3-4,8,11,16-17,19-20,25H,5-7,9-10,12-15H2,1-2H3,(H,23,26). The SMILES string of the molecule is CC1CCCC(NC(=O)CN(Cc2ccccc2O)CC2CCCO2)C1C. The Morgan fingerprint density at radius 2 is 2.04 bits per heavy atom. The lowest BCUT2D eigenvalue weighted by atomic mass is 9.78. The molecule has 4 atom stereocenters. The summed E-state index contributed by atoms with van der Waals surface area (Å²) in [7, 11) is 0. The number of hydrogen-bond acceptors (Lipinski definition) is 4. The van der Waals surface area contributed by atoms with Gasteiger partial charge in [0.05, 0.1) is 12.6 Å². The molecule has 150 valence electrons. The van der Waals surface area contributed by atoms with E-state index in [-0.39, 0.29) is 23.8 Å². The summed E-state index contributed by atoms with van der Waals surface area (Å²) in [6.07, 6.45) is 5.81. The van der Waals surface area contributed by atoms with Crippen molar-refractivity contribution < 1.29 is 14.6 Å². The molecular weight excluding hydrogens is 340 g/mol. The fourth-order valence-corrected chi connectivity index (χ4v) is 4.39. The number of hydrogen-bond donors (Lipinski definition) is 2. The van der Waals surface area contributed by atoms with E-state index in [0.717, 1.165) is 38.0 Å². The molecule has 1 saturated carbocycles. The highest BCUT2D eigenvalue weighted by Crippen LogP contribution is 2.29. The van der Waals surface area contributed by atoms with E-state index in [1.807, 2.05) is 18.2 Å². The maximum atomic E-state index is 12.8. The smallest absolute Gasteiger partial charge is 0.234 e. The predicted molar refractivity (Wildman–Crippen MR) is 106 cm³/mol. The highest BCUT2D eigenvalue weighted by Gasteiger charge is 2.29. The van der Waals surface area contributed by atoms with Crippen LogP contribution in [-0.4, -0.2) is 47.8 Å². The summed E-state index contributed by atoms with van der Waals surface area (Å²) in [6, 6.07) is 7.63. The van der Waals surface area contributed by atoms with Crippen LogP contribution in [0.5, 0.6) is 5.75 Å². The van der Waals surface area contributed by atoms with Crippen molar-refractivity contribution in [3.8, 4) is 5.75 Å². The molecule has 2 fully saturated rings. The largest absolute Gasteiger partial charge is 0.508 e. The van der Waals surface area contributed by atoms with Crippen molar-refractivity contribution in [1.82, 2.24) is 10.2 Å². The third-order valence-corrected chi connectivity index (χ3v) is 6.29. The summed E-state index contributed by atoms with van der Waals surface area (Å²) in [5.41, 5.74) is 0.850. The van der Waals surface area contributed by atoms with Crippen LogP contribution in [0.1, 0.15) is 51.5 Å². The van der Waals surface area contributed by atoms with Gasteiger partial charge in [-0.3, -0.25) is 9.69 Å². The molecular formula is C22H34N2O3. The van der Waals surface area contributed by atoms with Gasteiger partial charge < -0.3 is 15.2 Å². The molecule has 2 N–H and O–H groups in total. The average Bonchev–Trinajstić information content (AvgIpc) is 3.14. The summed E-state index contributed by atoms with van der Waals surface area (Å²) in [5, 5.41) is 13.4. The molecule has 3 rings (SSSR count). The number of phenolic OH excluding ortho intramolecular Hbond substituents is 1. The molecule has 1 saturated heterocycles. The van der Waals surface area contributed by atoms with Crippen molar-refractivity contribution in [2.75, 3.05) is 19.7 Å². The highest BCUT2D eigenvalue weighted by atomic mass is 16.5. The molecule has 27 heavy (non-hydrogen) atoms. The number of phenols is 1. The van der Waals surface area contributed by atoms with Crippen molar-refractivity contribution in [3.05, 3.63) is 29.8 Å². The molecule has 1 aromatic rings. The zero-order valence-electron chi connectivity index (χ0n) is 16.7. The van der Waals surface area contributed by atoms with Gasteiger partial charge in [-0.25, -0.2) is 0 Å². The summed E-state index contributed by atoms with van der Waals surface area (Å²) >= 11 is 0. The highest BCUT2D eigenvalue weighted by molar-refractivity contribution is 5.78. The topological polar surface area (TPSA) is 61.8 Å². The molecule has 4 unspecified atom stereocenters. The van der Waals surface area contributed by atoms with Crippen molar-refractivity contribution in [2.45, 2.75) is 64.6 Å². The third-order valence-electron chi connectivity index (χ3n) is 6.29. The summed E-state index contributed by atoms with van der Waals surface area (Å²) in [4.78, 5) is 14.9. The van der Waals surface area contributed by atoms with Gasteiger partial charge in [0.15, 0.2) is 0 Å². The van der Waals surface area contributed by atoms with Gasteiger partial charge in [-0.2, -0.15) is 0 Å². The first kappa shape index (κ1) is 20.2. The van der Waals surface area contributed by atoms with Crippen LogP contribution >= 0.6 is 0 Å². The van der Waals surface area contributed by atoms with Crippen LogP contribution in [-0.2, 0) is 16.1 Å². The quantitative estimate of drug-likeness (QED) is 0.769. The molecule has 0 spiro atoms. The number of rotatable bonds is 7. The van der Waals surface area contributed by atoms with Crippen LogP contribution in [0.25, 0.3) is 0 Å². The Morgan fingerprint density at radius 3 is 2.78 bits per heavy atom. The van der Waals surface area contributed by atoms with Crippen LogP contribution in [0.2, 0.25) is 0 Å². The second kappa shape index (κ2) is 9.56. The van der Waals surface area contributed by atoms with Gasteiger partial charge >= 0.3 is 0 Å². The van der Waals surface area contributed by atoms with E-state index < -0.39 is 0 Å². The van der Waals surface area contributed by atoms with Gasteiger partial charge in [-0.05, 0) is 37.2 Å². The Labute approximate surface area is 163 Å². The van der Waals surface area contributed by atoms with E-state index in [4.69, 9.17) is 4.74 Å². The van der Waals surface area contributed by atoms with Crippen LogP contribution in [0, 0.1) is 11.8 Å². The number of para-hydroxylation sites is 1. The Balaban J connectivity index is 1.61. The summed E-state index contributed by atoms with van der Waals surface area (Å²) < 4.78 is 5.78. The first-order valence-electron chi connectivity index (χ1n) is 10.4. The molecule has 5 heteroatoms. The first-order chi connectivity index (χ1) is 13.0. The molecule has 0 bridgehead atoms. The van der Waals surface area contributed by atoms with Crippen LogP contribution < -0.4 is 5.32 Å². The van der Waals surface area contributed by atoms with Gasteiger partial charge in [0.1, 0.15) is 5.75 Å². The minimum atomic E-state index is 0.0781. The fourth-order valence-electron chi connectivity index (χ4n) is 4.39. The number of aromatic hydroxyl groups is 1. The van der Waals surface area contributed by atoms with Gasteiger partial charge in [0.2, 0.25) is 5.91 Å². The second-order valence-corrected chi connectivity index (χ2v) is 8.37. The lowest BCUT2D eigenvalue weighted by molar-refractivity contribution is -0.124. The lowest BCUT2D eigenvalue weighted by Gasteiger charge is -2.35. The number of amides is 1. The average molecular weight is 375 g/mol. The van der Waals surface area contributed by atoms with E-state index in [0.29, 0.717) is 24.9 Å². The van der Waals surface area contributed by atoms with Crippen molar-refractivity contribution in [3.63, 3.8) is 0 Å². The first-order valence-corrected chi connectivity index (χ1v) is 10.4. The normalized spacial score (nSPS) is 28.4. The molecule has 0 aromatic heterocycles. The van der Waals surface area contributed by atoms with Crippen molar-refractivity contribution >= 4 is 5.91 Å². The monoisotopic (exact) mass is 374 g/mol. The number of nitrogens with zero attached hydrogens (tertiary/aromatic N) is 1.